The summed E-state index contributed by atoms with van der Waals surface area (Å²) in [5.74, 6) is 0.544. The Kier molecular flexibility index (Phi) is 1.84. The summed E-state index contributed by atoms with van der Waals surface area (Å²) in [6.45, 7) is 0. The van der Waals surface area contributed by atoms with Crippen LogP contribution in [0.3, 0.4) is 0 Å². The van der Waals surface area contributed by atoms with E-state index in [0.29, 0.717) is 5.92 Å². The monoisotopic (exact) mass is 205 g/mol. The largest absolute Gasteiger partial charge is 0.207 e. The Morgan fingerprint density at radius 1 is 1.36 bits per heavy atom. The van der Waals surface area contributed by atoms with Crippen LogP contribution >= 0.6 is 11.3 Å². The van der Waals surface area contributed by atoms with E-state index in [1.165, 1.54) is 30.2 Å². The summed E-state index contributed by atoms with van der Waals surface area (Å²) >= 11 is 1.54. The zero-order chi connectivity index (χ0) is 9.54. The van der Waals surface area contributed by atoms with Crippen molar-refractivity contribution in [1.29, 1.82) is 0 Å². The molecule has 1 aromatic carbocycles. The van der Waals surface area contributed by atoms with Gasteiger partial charge in [0.1, 0.15) is 5.82 Å². The van der Waals surface area contributed by atoms with E-state index in [1.54, 1.807) is 23.5 Å². The van der Waals surface area contributed by atoms with Gasteiger partial charge in [-0.25, -0.2) is 4.39 Å². The number of fused-ring (bicyclic) bond motifs is 1. The first-order valence-electron chi connectivity index (χ1n) is 4.94. The lowest BCUT2D eigenvalue weighted by atomic mass is 9.80. The molecule has 1 saturated carbocycles. The molecule has 1 aromatic heterocycles. The summed E-state index contributed by atoms with van der Waals surface area (Å²) < 4.78 is 14.0. The molecular formula is C12H10FS. The highest BCUT2D eigenvalue weighted by molar-refractivity contribution is 7.16. The van der Waals surface area contributed by atoms with Crippen molar-refractivity contribution < 1.29 is 4.39 Å². The first-order chi connectivity index (χ1) is 6.84. The van der Waals surface area contributed by atoms with Crippen LogP contribution in [-0.2, 0) is 0 Å². The summed E-state index contributed by atoms with van der Waals surface area (Å²) in [6, 6.07) is 5.05. The van der Waals surface area contributed by atoms with Crippen LogP contribution in [0.15, 0.2) is 18.2 Å². The lowest BCUT2D eigenvalue weighted by Crippen LogP contribution is -2.07. The van der Waals surface area contributed by atoms with Crippen LogP contribution in [0.1, 0.15) is 30.7 Å². The summed E-state index contributed by atoms with van der Waals surface area (Å²) in [6.07, 6.45) is 3.89. The van der Waals surface area contributed by atoms with Gasteiger partial charge in [-0.2, -0.15) is 0 Å². The first-order valence-corrected chi connectivity index (χ1v) is 5.76. The van der Waals surface area contributed by atoms with Gasteiger partial charge in [-0.05, 0) is 41.8 Å². The van der Waals surface area contributed by atoms with Gasteiger partial charge >= 0.3 is 0 Å². The molecule has 0 N–H and O–H groups in total. The minimum absolute atomic E-state index is 0.145. The first kappa shape index (κ1) is 8.42. The lowest BCUT2D eigenvalue weighted by molar-refractivity contribution is 0.422. The van der Waals surface area contributed by atoms with Crippen LogP contribution in [0.5, 0.6) is 0 Å². The second-order valence-electron chi connectivity index (χ2n) is 3.89. The minimum atomic E-state index is -0.145. The number of hydrogen-bond donors (Lipinski definition) is 0. The normalized spacial score (nSPS) is 17.2. The predicted octanol–water partition coefficient (Wildman–Crippen LogP) is 4.11. The molecule has 2 aromatic rings. The zero-order valence-corrected chi connectivity index (χ0v) is 8.53. The highest BCUT2D eigenvalue weighted by Gasteiger charge is 2.22. The highest BCUT2D eigenvalue weighted by Crippen LogP contribution is 2.41. The van der Waals surface area contributed by atoms with Crippen molar-refractivity contribution in [2.45, 2.75) is 25.2 Å². The van der Waals surface area contributed by atoms with E-state index in [2.05, 4.69) is 5.38 Å². The zero-order valence-electron chi connectivity index (χ0n) is 7.72. The smallest absolute Gasteiger partial charge is 0.124 e. The Hall–Kier alpha value is -0.890. The molecule has 0 amide bonds. The molecule has 0 unspecified atom stereocenters. The molecule has 0 saturated heterocycles. The summed E-state index contributed by atoms with van der Waals surface area (Å²) in [5, 5.41) is 4.53. The molecule has 0 aliphatic heterocycles. The van der Waals surface area contributed by atoms with Gasteiger partial charge in [-0.15, -0.1) is 11.3 Å². The van der Waals surface area contributed by atoms with Crippen LogP contribution in [0.25, 0.3) is 10.1 Å². The molecule has 1 aliphatic carbocycles. The maximum atomic E-state index is 12.9. The fraction of sp³-hybridized carbons (Fsp3) is 0.333. The summed E-state index contributed by atoms with van der Waals surface area (Å²) in [4.78, 5) is 0. The minimum Gasteiger partial charge on any atom is -0.207 e. The van der Waals surface area contributed by atoms with E-state index in [-0.39, 0.29) is 5.82 Å². The Labute approximate surface area is 86.4 Å². The molecule has 1 radical (unpaired) electrons. The number of rotatable bonds is 1. The molecule has 0 nitrogen and oxygen atoms in total. The standard InChI is InChI=1S/C12H10FS/c13-9-4-5-10-11(8-2-1-3-8)7-14-12(10)6-9/h4-6,8H,1-3H2. The van der Waals surface area contributed by atoms with Crippen molar-refractivity contribution in [2.24, 2.45) is 0 Å². The van der Waals surface area contributed by atoms with Gasteiger partial charge in [0.05, 0.1) is 0 Å². The lowest BCUT2D eigenvalue weighted by Gasteiger charge is -2.24. The fourth-order valence-electron chi connectivity index (χ4n) is 1.97. The molecule has 3 rings (SSSR count). The highest BCUT2D eigenvalue weighted by atomic mass is 32.1. The molecule has 1 aliphatic rings. The molecule has 71 valence electrons. The van der Waals surface area contributed by atoms with Gasteiger partial charge < -0.3 is 0 Å². The molecular weight excluding hydrogens is 195 g/mol. The van der Waals surface area contributed by atoms with Gasteiger partial charge in [0.15, 0.2) is 0 Å². The van der Waals surface area contributed by atoms with Crippen LogP contribution < -0.4 is 0 Å². The number of benzene rings is 1. The van der Waals surface area contributed by atoms with Gasteiger partial charge in [0.2, 0.25) is 0 Å². The van der Waals surface area contributed by atoms with E-state index in [0.717, 1.165) is 4.70 Å². The van der Waals surface area contributed by atoms with Crippen molar-refractivity contribution in [1.82, 2.24) is 0 Å². The quantitative estimate of drug-likeness (QED) is 0.657. The van der Waals surface area contributed by atoms with Gasteiger partial charge in [0.25, 0.3) is 0 Å². The number of halogens is 1. The van der Waals surface area contributed by atoms with Crippen LogP contribution in [0, 0.1) is 11.2 Å². The third-order valence-electron chi connectivity index (χ3n) is 3.02. The molecule has 1 fully saturated rings. The fourth-order valence-corrected chi connectivity index (χ4v) is 2.92. The topological polar surface area (TPSA) is 0 Å². The van der Waals surface area contributed by atoms with Crippen molar-refractivity contribution in [2.75, 3.05) is 0 Å². The van der Waals surface area contributed by atoms with Gasteiger partial charge in [-0.1, -0.05) is 12.5 Å². The van der Waals surface area contributed by atoms with Crippen LogP contribution in [0.4, 0.5) is 4.39 Å². The Morgan fingerprint density at radius 2 is 2.21 bits per heavy atom. The Morgan fingerprint density at radius 3 is 2.93 bits per heavy atom. The van der Waals surface area contributed by atoms with Crippen molar-refractivity contribution in [3.63, 3.8) is 0 Å². The van der Waals surface area contributed by atoms with E-state index in [1.807, 2.05) is 6.07 Å². The predicted molar refractivity (Wildman–Crippen MR) is 57.2 cm³/mol. The maximum Gasteiger partial charge on any atom is 0.124 e. The average Bonchev–Trinajstić information content (AvgIpc) is 2.45. The van der Waals surface area contributed by atoms with Gasteiger partial charge in [-0.3, -0.25) is 0 Å². The number of thiophene rings is 1. The van der Waals surface area contributed by atoms with Crippen molar-refractivity contribution in [3.8, 4) is 0 Å². The number of hydrogen-bond acceptors (Lipinski definition) is 1. The van der Waals surface area contributed by atoms with Crippen LogP contribution in [-0.4, -0.2) is 0 Å². The molecule has 0 bridgehead atoms. The van der Waals surface area contributed by atoms with E-state index in [9.17, 15) is 4.39 Å². The SMILES string of the molecule is Fc1ccc2c(C3CCC3)[c]sc2c1. The average molecular weight is 205 g/mol. The third kappa shape index (κ3) is 1.17. The molecule has 1 heterocycles. The summed E-state index contributed by atoms with van der Waals surface area (Å²) in [7, 11) is 0. The molecule has 14 heavy (non-hydrogen) atoms. The van der Waals surface area contributed by atoms with Crippen LogP contribution in [0.2, 0.25) is 0 Å². The van der Waals surface area contributed by atoms with E-state index < -0.39 is 0 Å². The third-order valence-corrected chi connectivity index (χ3v) is 3.90. The second kappa shape index (κ2) is 3.06. The maximum absolute atomic E-state index is 12.9. The molecule has 0 spiro atoms. The van der Waals surface area contributed by atoms with Crippen molar-refractivity contribution in [3.05, 3.63) is 35.0 Å². The molecule has 2 heteroatoms. The van der Waals surface area contributed by atoms with Crippen molar-refractivity contribution >= 4 is 21.4 Å². The molecule has 0 atom stereocenters. The Bertz CT molecular complexity index is 468. The second-order valence-corrected chi connectivity index (χ2v) is 4.73. The van der Waals surface area contributed by atoms with E-state index >= 15 is 0 Å². The Balaban J connectivity index is 2.16. The van der Waals surface area contributed by atoms with Gasteiger partial charge in [0, 0.05) is 10.1 Å². The summed E-state index contributed by atoms with van der Waals surface area (Å²) in [5.41, 5.74) is 1.32. The van der Waals surface area contributed by atoms with E-state index in [4.69, 9.17) is 0 Å².